The molecule has 0 radical (unpaired) electrons. The fourth-order valence-electron chi connectivity index (χ4n) is 4.61. The minimum absolute atomic E-state index is 0.0110. The third kappa shape index (κ3) is 6.38. The molecule has 0 unspecified atom stereocenters. The number of aromatic amines is 1. The molecule has 0 saturated carbocycles. The number of hydrogen-bond donors (Lipinski definition) is 3. The predicted octanol–water partition coefficient (Wildman–Crippen LogP) is 3.77. The van der Waals surface area contributed by atoms with Crippen molar-refractivity contribution in [2.45, 2.75) is 72.6 Å². The minimum Gasteiger partial charge on any atom is -0.508 e. The number of likely N-dealkylation sites (tertiary alicyclic amines) is 1. The van der Waals surface area contributed by atoms with Gasteiger partial charge in [-0.3, -0.25) is 9.59 Å². The molecule has 2 aromatic rings. The number of rotatable bonds is 5. The zero-order chi connectivity index (χ0) is 26.8. The van der Waals surface area contributed by atoms with Crippen molar-refractivity contribution in [2.24, 2.45) is 0 Å². The maximum Gasteiger partial charge on any atom is 0.410 e. The fraction of sp³-hybridized carbons (Fsp3) is 0.519. The van der Waals surface area contributed by atoms with Gasteiger partial charge in [0.1, 0.15) is 11.4 Å². The number of amides is 2. The SMILES string of the molecule is Cc1cc(C)c(CNC(=O)c2cc(O)cc(N(C)C3CCN(C(=O)OC(C)(C)C)CC3)c2C)c(=O)[nH]1. The number of phenolic OH excluding ortho intramolecular Hbond substituents is 1. The largest absolute Gasteiger partial charge is 0.508 e. The van der Waals surface area contributed by atoms with Gasteiger partial charge in [0.05, 0.1) is 0 Å². The average Bonchev–Trinajstić information content (AvgIpc) is 2.78. The Labute approximate surface area is 212 Å². The Bertz CT molecular complexity index is 1190. The molecule has 1 saturated heterocycles. The van der Waals surface area contributed by atoms with Crippen LogP contribution in [0.25, 0.3) is 0 Å². The van der Waals surface area contributed by atoms with Gasteiger partial charge in [-0.25, -0.2) is 4.79 Å². The number of carbonyl (C=O) groups is 2. The van der Waals surface area contributed by atoms with Gasteiger partial charge >= 0.3 is 6.09 Å². The van der Waals surface area contributed by atoms with E-state index in [1.165, 1.54) is 6.07 Å². The number of benzene rings is 1. The van der Waals surface area contributed by atoms with Crippen LogP contribution in [0.15, 0.2) is 23.0 Å². The first-order chi connectivity index (χ1) is 16.8. The number of piperidine rings is 1. The first kappa shape index (κ1) is 27.1. The van der Waals surface area contributed by atoms with E-state index in [-0.39, 0.29) is 35.9 Å². The van der Waals surface area contributed by atoms with Crippen molar-refractivity contribution in [3.63, 3.8) is 0 Å². The predicted molar refractivity (Wildman–Crippen MR) is 140 cm³/mol. The molecule has 0 bridgehead atoms. The molecular weight excluding hydrogens is 460 g/mol. The number of pyridine rings is 1. The van der Waals surface area contributed by atoms with Gasteiger partial charge in [0.15, 0.2) is 0 Å². The average molecular weight is 499 g/mol. The standard InChI is InChI=1S/C27H38N4O5/c1-16-12-17(2)29-25(34)22(16)15-28-24(33)21-13-20(32)14-23(18(21)3)30(7)19-8-10-31(11-9-19)26(35)36-27(4,5)6/h12-14,19,32H,8-11,15H2,1-7H3,(H,28,33)(H,29,34). The molecule has 1 fully saturated rings. The number of aromatic hydroxyl groups is 1. The van der Waals surface area contributed by atoms with Crippen LogP contribution in [0.2, 0.25) is 0 Å². The molecule has 2 amide bonds. The summed E-state index contributed by atoms with van der Waals surface area (Å²) in [5, 5.41) is 13.2. The Kier molecular flexibility index (Phi) is 8.01. The van der Waals surface area contributed by atoms with Crippen LogP contribution in [0, 0.1) is 20.8 Å². The first-order valence-corrected chi connectivity index (χ1v) is 12.3. The Morgan fingerprint density at radius 1 is 1.17 bits per heavy atom. The highest BCUT2D eigenvalue weighted by Gasteiger charge is 2.29. The maximum atomic E-state index is 13.1. The molecule has 9 nitrogen and oxygen atoms in total. The van der Waals surface area contributed by atoms with E-state index < -0.39 is 5.60 Å². The van der Waals surface area contributed by atoms with Gasteiger partial charge in [-0.1, -0.05) is 0 Å². The zero-order valence-corrected chi connectivity index (χ0v) is 22.3. The summed E-state index contributed by atoms with van der Waals surface area (Å²) >= 11 is 0. The molecule has 1 aromatic heterocycles. The van der Waals surface area contributed by atoms with Gasteiger partial charge in [-0.15, -0.1) is 0 Å². The van der Waals surface area contributed by atoms with E-state index in [1.807, 2.05) is 54.7 Å². The Morgan fingerprint density at radius 3 is 2.39 bits per heavy atom. The van der Waals surface area contributed by atoms with E-state index in [1.54, 1.807) is 11.0 Å². The van der Waals surface area contributed by atoms with Gasteiger partial charge < -0.3 is 29.9 Å². The monoisotopic (exact) mass is 498 g/mol. The summed E-state index contributed by atoms with van der Waals surface area (Å²) in [7, 11) is 1.94. The van der Waals surface area contributed by atoms with Crippen LogP contribution in [-0.2, 0) is 11.3 Å². The Balaban J connectivity index is 1.71. The number of nitrogens with zero attached hydrogens (tertiary/aromatic N) is 2. The Hall–Kier alpha value is -3.49. The van der Waals surface area contributed by atoms with Gasteiger partial charge in [0.2, 0.25) is 0 Å². The molecule has 2 heterocycles. The van der Waals surface area contributed by atoms with E-state index in [9.17, 15) is 19.5 Å². The minimum atomic E-state index is -0.536. The van der Waals surface area contributed by atoms with Crippen molar-refractivity contribution in [1.29, 1.82) is 0 Å². The van der Waals surface area contributed by atoms with E-state index in [2.05, 4.69) is 15.2 Å². The van der Waals surface area contributed by atoms with E-state index in [0.717, 1.165) is 35.3 Å². The lowest BCUT2D eigenvalue weighted by atomic mass is 9.99. The number of nitrogens with one attached hydrogen (secondary N) is 2. The lowest BCUT2D eigenvalue weighted by Gasteiger charge is -2.39. The summed E-state index contributed by atoms with van der Waals surface area (Å²) < 4.78 is 5.48. The summed E-state index contributed by atoms with van der Waals surface area (Å²) in [6.07, 6.45) is 1.17. The van der Waals surface area contributed by atoms with E-state index in [0.29, 0.717) is 24.2 Å². The zero-order valence-electron chi connectivity index (χ0n) is 22.3. The van der Waals surface area contributed by atoms with Crippen molar-refractivity contribution in [2.75, 3.05) is 25.0 Å². The highest BCUT2D eigenvalue weighted by molar-refractivity contribution is 5.97. The number of H-pyrrole nitrogens is 1. The molecule has 3 N–H and O–H groups in total. The number of anilines is 1. The second-order valence-corrected chi connectivity index (χ2v) is 10.6. The second-order valence-electron chi connectivity index (χ2n) is 10.6. The summed E-state index contributed by atoms with van der Waals surface area (Å²) in [4.78, 5) is 44.3. The highest BCUT2D eigenvalue weighted by Crippen LogP contribution is 2.31. The summed E-state index contributed by atoms with van der Waals surface area (Å²) in [5.74, 6) is -0.375. The molecular formula is C27H38N4O5. The topological polar surface area (TPSA) is 115 Å². The van der Waals surface area contributed by atoms with Crippen LogP contribution in [0.3, 0.4) is 0 Å². The maximum absolute atomic E-state index is 13.1. The van der Waals surface area contributed by atoms with Gasteiger partial charge in [0.25, 0.3) is 11.5 Å². The molecule has 1 aromatic carbocycles. The number of carbonyl (C=O) groups excluding carboxylic acids is 2. The highest BCUT2D eigenvalue weighted by atomic mass is 16.6. The summed E-state index contributed by atoms with van der Waals surface area (Å²) in [5.41, 5.74) is 3.15. The normalized spacial score (nSPS) is 14.5. The first-order valence-electron chi connectivity index (χ1n) is 12.3. The van der Waals surface area contributed by atoms with Crippen LogP contribution < -0.4 is 15.8 Å². The number of aromatic nitrogens is 1. The smallest absolute Gasteiger partial charge is 0.410 e. The van der Waals surface area contributed by atoms with Gasteiger partial charge in [0, 0.05) is 61.3 Å². The molecule has 36 heavy (non-hydrogen) atoms. The molecule has 9 heteroatoms. The third-order valence-corrected chi connectivity index (χ3v) is 6.57. The fourth-order valence-corrected chi connectivity index (χ4v) is 4.61. The lowest BCUT2D eigenvalue weighted by molar-refractivity contribution is 0.0205. The molecule has 0 atom stereocenters. The van der Waals surface area contributed by atoms with Crippen LogP contribution in [0.4, 0.5) is 10.5 Å². The molecule has 3 rings (SSSR count). The second kappa shape index (κ2) is 10.6. The van der Waals surface area contributed by atoms with Crippen molar-refractivity contribution in [1.82, 2.24) is 15.2 Å². The number of hydrogen-bond acceptors (Lipinski definition) is 6. The molecule has 1 aliphatic rings. The van der Waals surface area contributed by atoms with Crippen LogP contribution in [-0.4, -0.2) is 58.8 Å². The summed E-state index contributed by atoms with van der Waals surface area (Å²) in [6, 6.07) is 5.10. The van der Waals surface area contributed by atoms with Crippen molar-refractivity contribution in [3.8, 4) is 5.75 Å². The Morgan fingerprint density at radius 2 is 1.81 bits per heavy atom. The van der Waals surface area contributed by atoms with Crippen molar-refractivity contribution < 1.29 is 19.4 Å². The molecule has 1 aliphatic heterocycles. The van der Waals surface area contributed by atoms with Gasteiger partial charge in [-0.05, 0) is 77.6 Å². The van der Waals surface area contributed by atoms with Crippen LogP contribution in [0.5, 0.6) is 5.75 Å². The number of aryl methyl sites for hydroxylation is 2. The van der Waals surface area contributed by atoms with E-state index >= 15 is 0 Å². The van der Waals surface area contributed by atoms with Crippen molar-refractivity contribution in [3.05, 3.63) is 56.5 Å². The van der Waals surface area contributed by atoms with Crippen molar-refractivity contribution >= 4 is 17.7 Å². The van der Waals surface area contributed by atoms with E-state index in [4.69, 9.17) is 4.74 Å². The molecule has 196 valence electrons. The molecule has 0 aliphatic carbocycles. The number of phenols is 1. The van der Waals surface area contributed by atoms with Gasteiger partial charge in [-0.2, -0.15) is 0 Å². The number of ether oxygens (including phenoxy) is 1. The third-order valence-electron chi connectivity index (χ3n) is 6.57. The van der Waals surface area contributed by atoms with Crippen LogP contribution in [0.1, 0.15) is 66.4 Å². The summed E-state index contributed by atoms with van der Waals surface area (Å²) in [6.45, 7) is 12.3. The lowest BCUT2D eigenvalue weighted by Crippen LogP contribution is -2.47. The van der Waals surface area contributed by atoms with Crippen LogP contribution >= 0.6 is 0 Å². The molecule has 0 spiro atoms. The quantitative estimate of drug-likeness (QED) is 0.578.